The summed E-state index contributed by atoms with van der Waals surface area (Å²) in [7, 11) is 0. The summed E-state index contributed by atoms with van der Waals surface area (Å²) >= 11 is 0. The third-order valence-corrected chi connectivity index (χ3v) is 15.7. The molecule has 0 amide bonds. The highest BCUT2D eigenvalue weighted by Gasteiger charge is 2.44. The van der Waals surface area contributed by atoms with Crippen molar-refractivity contribution in [3.63, 3.8) is 0 Å². The van der Waals surface area contributed by atoms with Gasteiger partial charge in [-0.15, -0.1) is 0 Å². The first-order valence-electron chi connectivity index (χ1n) is 25.0. The molecular formula is C63H61N3O+2. The number of allylic oxidation sites excluding steroid dienone is 1. The van der Waals surface area contributed by atoms with Crippen molar-refractivity contribution >= 4 is 22.0 Å². The van der Waals surface area contributed by atoms with E-state index < -0.39 is 0 Å². The smallest absolute Gasteiger partial charge is 0.295 e. The molecule has 2 aliphatic heterocycles. The van der Waals surface area contributed by atoms with Crippen molar-refractivity contribution in [1.29, 1.82) is 0 Å². The highest BCUT2D eigenvalue weighted by atomic mass is 16.3. The van der Waals surface area contributed by atoms with Crippen LogP contribution < -0.4 is 9.13 Å². The number of benzene rings is 6. The Balaban J connectivity index is 1.20. The number of pyridine rings is 1. The van der Waals surface area contributed by atoms with Crippen LogP contribution in [0, 0.1) is 0 Å². The van der Waals surface area contributed by atoms with Crippen LogP contribution in [0.1, 0.15) is 124 Å². The number of aromatic nitrogens is 3. The summed E-state index contributed by atoms with van der Waals surface area (Å²) in [6, 6.07) is 57.1. The highest BCUT2D eigenvalue weighted by Crippen LogP contribution is 2.49. The van der Waals surface area contributed by atoms with Crippen molar-refractivity contribution in [3.05, 3.63) is 198 Å². The molecule has 9 aromatic rings. The monoisotopic (exact) mass is 875 g/mol. The molecule has 12 rings (SSSR count). The van der Waals surface area contributed by atoms with Gasteiger partial charge in [0.25, 0.3) is 5.82 Å². The van der Waals surface area contributed by atoms with Gasteiger partial charge in [0.2, 0.25) is 5.69 Å². The van der Waals surface area contributed by atoms with Crippen molar-refractivity contribution in [2.45, 2.75) is 109 Å². The van der Waals surface area contributed by atoms with E-state index in [1.54, 1.807) is 0 Å². The quantitative estimate of drug-likeness (QED) is 0.121. The third-order valence-electron chi connectivity index (χ3n) is 15.7. The van der Waals surface area contributed by atoms with E-state index in [1.807, 2.05) is 0 Å². The van der Waals surface area contributed by atoms with Crippen LogP contribution in [0.5, 0.6) is 0 Å². The Labute approximate surface area is 395 Å². The minimum absolute atomic E-state index is 0.0611. The molecule has 332 valence electrons. The fourth-order valence-corrected chi connectivity index (χ4v) is 12.4. The number of para-hydroxylation sites is 3. The van der Waals surface area contributed by atoms with E-state index >= 15 is 0 Å². The van der Waals surface area contributed by atoms with Gasteiger partial charge >= 0.3 is 0 Å². The molecule has 4 nitrogen and oxygen atoms in total. The fraction of sp³-hybridized carbons (Fsp3) is 0.270. The molecular weight excluding hydrogens is 815 g/mol. The number of hydrogen-bond acceptors (Lipinski definition) is 1. The van der Waals surface area contributed by atoms with E-state index in [4.69, 9.17) is 11.0 Å². The molecule has 4 heteroatoms. The minimum atomic E-state index is 0.0611. The average molecular weight is 876 g/mol. The van der Waals surface area contributed by atoms with Gasteiger partial charge in [-0.3, -0.25) is 0 Å². The molecule has 1 saturated carbocycles. The normalized spacial score (nSPS) is 17.3. The standard InChI is InChI=1S/C63H61N3O/c1-40(2)47-25-18-26-48(41(3)4)61(47)66-58-29-15-14-28-57(58)65-39-42(5)60-52(49-23-12-13-24-51(49)56-27-16-17-36-64(56)60)35-34-50-54-38-59(46-21-10-7-11-22-46)67-62(54)53(37-55(50)63(65)66)45-32-30-44(31-33-45)43-19-8-6-9-20-43/h7,10-18,21-33,36-38,40-41,43,52,60H,5-6,8-9,19-20,34-35,39H2,1-4H3/q+2. The van der Waals surface area contributed by atoms with Crippen LogP contribution in [-0.4, -0.2) is 4.57 Å². The van der Waals surface area contributed by atoms with Crippen LogP contribution in [0.15, 0.2) is 174 Å². The van der Waals surface area contributed by atoms with E-state index in [0.29, 0.717) is 24.3 Å². The molecule has 3 aromatic heterocycles. The summed E-state index contributed by atoms with van der Waals surface area (Å²) in [6.07, 6.45) is 10.7. The summed E-state index contributed by atoms with van der Waals surface area (Å²) < 4.78 is 15.1. The van der Waals surface area contributed by atoms with E-state index in [2.05, 4.69) is 199 Å². The van der Waals surface area contributed by atoms with Gasteiger partial charge in [-0.1, -0.05) is 157 Å². The lowest BCUT2D eigenvalue weighted by molar-refractivity contribution is -0.718. The number of imidazole rings is 1. The van der Waals surface area contributed by atoms with Gasteiger partial charge in [0.1, 0.15) is 23.6 Å². The lowest BCUT2D eigenvalue weighted by atomic mass is 9.76. The average Bonchev–Trinajstić information content (AvgIpc) is 3.96. The first-order valence-corrected chi connectivity index (χ1v) is 25.0. The predicted molar refractivity (Wildman–Crippen MR) is 275 cm³/mol. The van der Waals surface area contributed by atoms with Crippen LogP contribution in [0.25, 0.3) is 72.8 Å². The number of fused-ring (bicyclic) bond motifs is 13. The SMILES string of the molecule is C=C1C[n+]2c(n(-c3c(C(C)C)cccc3C(C)C)c3ccccc32)-c2cc(-c3ccc(C4CCCCC4)cc3)c3oc(-c4ccccc4)cc3c2CCC2c3ccccc3-c3cccc[n+]3C12. The molecule has 1 aliphatic carbocycles. The summed E-state index contributed by atoms with van der Waals surface area (Å²) in [5, 5.41) is 1.19. The van der Waals surface area contributed by atoms with Crippen LogP contribution in [0.3, 0.4) is 0 Å². The predicted octanol–water partition coefficient (Wildman–Crippen LogP) is 15.8. The number of aryl methyl sites for hydroxylation is 1. The number of hydrogen-bond donors (Lipinski definition) is 0. The Bertz CT molecular complexity index is 3310. The van der Waals surface area contributed by atoms with Crippen molar-refractivity contribution in [1.82, 2.24) is 4.57 Å². The number of rotatable bonds is 6. The Morgan fingerprint density at radius 1 is 0.642 bits per heavy atom. The first kappa shape index (κ1) is 41.6. The third kappa shape index (κ3) is 6.93. The summed E-state index contributed by atoms with van der Waals surface area (Å²) in [6.45, 7) is 15.2. The second-order valence-corrected chi connectivity index (χ2v) is 20.3. The van der Waals surface area contributed by atoms with E-state index in [0.717, 1.165) is 35.3 Å². The van der Waals surface area contributed by atoms with Gasteiger partial charge < -0.3 is 4.42 Å². The first-order chi connectivity index (χ1) is 32.8. The maximum atomic E-state index is 7.24. The highest BCUT2D eigenvalue weighted by molar-refractivity contribution is 6.01. The summed E-state index contributed by atoms with van der Waals surface area (Å²) in [4.78, 5) is 0. The van der Waals surface area contributed by atoms with Crippen molar-refractivity contribution in [2.75, 3.05) is 0 Å². The van der Waals surface area contributed by atoms with Crippen LogP contribution in [-0.2, 0) is 13.0 Å². The van der Waals surface area contributed by atoms with E-state index in [-0.39, 0.29) is 12.0 Å². The van der Waals surface area contributed by atoms with Crippen LogP contribution in [0.2, 0.25) is 0 Å². The van der Waals surface area contributed by atoms with Crippen molar-refractivity contribution in [2.24, 2.45) is 0 Å². The molecule has 2 atom stereocenters. The Morgan fingerprint density at radius 3 is 2.13 bits per heavy atom. The Morgan fingerprint density at radius 2 is 1.36 bits per heavy atom. The van der Waals surface area contributed by atoms with Gasteiger partial charge in [0, 0.05) is 50.9 Å². The molecule has 0 N–H and O–H groups in total. The fourth-order valence-electron chi connectivity index (χ4n) is 12.4. The maximum absolute atomic E-state index is 7.24. The molecule has 0 bridgehead atoms. The second kappa shape index (κ2) is 16.8. The molecule has 0 radical (unpaired) electrons. The molecule has 67 heavy (non-hydrogen) atoms. The zero-order valence-electron chi connectivity index (χ0n) is 39.5. The summed E-state index contributed by atoms with van der Waals surface area (Å²) in [5.74, 6) is 3.57. The van der Waals surface area contributed by atoms with E-state index in [9.17, 15) is 0 Å². The Kier molecular flexibility index (Phi) is 10.5. The molecule has 0 saturated heterocycles. The van der Waals surface area contributed by atoms with E-state index in [1.165, 1.54) is 116 Å². The van der Waals surface area contributed by atoms with Gasteiger partial charge in [-0.25, -0.2) is 4.57 Å². The molecule has 0 spiro atoms. The minimum Gasteiger partial charge on any atom is -0.455 e. The Hall–Kier alpha value is -6.78. The van der Waals surface area contributed by atoms with Gasteiger partial charge in [0.05, 0.1) is 11.5 Å². The molecule has 5 heterocycles. The lowest BCUT2D eigenvalue weighted by Crippen LogP contribution is -2.51. The van der Waals surface area contributed by atoms with Gasteiger partial charge in [0.15, 0.2) is 23.3 Å². The second-order valence-electron chi connectivity index (χ2n) is 20.3. The van der Waals surface area contributed by atoms with Crippen molar-refractivity contribution < 1.29 is 13.6 Å². The largest absolute Gasteiger partial charge is 0.455 e. The molecule has 3 aliphatic rings. The molecule has 1 fully saturated rings. The van der Waals surface area contributed by atoms with Crippen LogP contribution in [0.4, 0.5) is 0 Å². The zero-order chi connectivity index (χ0) is 45.3. The van der Waals surface area contributed by atoms with Gasteiger partial charge in [-0.2, -0.15) is 9.13 Å². The number of nitrogens with zero attached hydrogens (tertiary/aromatic N) is 3. The maximum Gasteiger partial charge on any atom is 0.295 e. The number of furan rings is 1. The van der Waals surface area contributed by atoms with Gasteiger partial charge in [-0.05, 0) is 102 Å². The zero-order valence-corrected chi connectivity index (χ0v) is 39.5. The van der Waals surface area contributed by atoms with Crippen molar-refractivity contribution in [3.8, 4) is 50.8 Å². The molecule has 6 aromatic carbocycles. The lowest BCUT2D eigenvalue weighted by Gasteiger charge is -2.32. The van der Waals surface area contributed by atoms with Crippen LogP contribution >= 0.6 is 0 Å². The molecule has 2 unspecified atom stereocenters. The topological polar surface area (TPSA) is 25.8 Å². The summed E-state index contributed by atoms with van der Waals surface area (Å²) in [5.41, 5.74) is 20.1.